The van der Waals surface area contributed by atoms with Gasteiger partial charge >= 0.3 is 0 Å². The molecule has 1 aliphatic heterocycles. The van der Waals surface area contributed by atoms with Crippen LogP contribution in [0.5, 0.6) is 0 Å². The number of carbonyl (C=O) groups excluding carboxylic acids is 1. The van der Waals surface area contributed by atoms with Crippen molar-refractivity contribution in [3.05, 3.63) is 35.4 Å². The summed E-state index contributed by atoms with van der Waals surface area (Å²) in [4.78, 5) is 14.0. The number of ether oxygens (including phenoxy) is 1. The lowest BCUT2D eigenvalue weighted by Crippen LogP contribution is -2.37. The minimum atomic E-state index is -0.0175. The second-order valence-corrected chi connectivity index (χ2v) is 4.61. The normalized spacial score (nSPS) is 19.2. The maximum absolute atomic E-state index is 12.3. The molecule has 0 radical (unpaired) electrons. The fourth-order valence-corrected chi connectivity index (χ4v) is 2.37. The van der Waals surface area contributed by atoms with Crippen molar-refractivity contribution in [3.8, 4) is 0 Å². The Morgan fingerprint density at radius 1 is 1.44 bits per heavy atom. The Labute approximate surface area is 107 Å². The van der Waals surface area contributed by atoms with Gasteiger partial charge in [-0.2, -0.15) is 0 Å². The monoisotopic (exact) mass is 249 g/mol. The Kier molecular flexibility index (Phi) is 4.33. The van der Waals surface area contributed by atoms with Gasteiger partial charge in [-0.05, 0) is 30.5 Å². The third kappa shape index (κ3) is 2.71. The molecule has 0 spiro atoms. The summed E-state index contributed by atoms with van der Waals surface area (Å²) >= 11 is 0. The van der Waals surface area contributed by atoms with Crippen molar-refractivity contribution in [2.75, 3.05) is 20.3 Å². The highest BCUT2D eigenvalue weighted by molar-refractivity contribution is 5.94. The molecule has 0 aliphatic carbocycles. The molecule has 4 heteroatoms. The number of methoxy groups -OCH3 is 1. The Morgan fingerprint density at radius 3 is 2.78 bits per heavy atom. The second-order valence-electron chi connectivity index (χ2n) is 4.61. The van der Waals surface area contributed by atoms with Gasteiger partial charge in [0.05, 0.1) is 19.3 Å². The first kappa shape index (κ1) is 13.1. The van der Waals surface area contributed by atoms with Crippen molar-refractivity contribution in [1.29, 1.82) is 0 Å². The number of hydrogen-bond acceptors (Lipinski definition) is 3. The predicted molar refractivity (Wildman–Crippen MR) is 68.3 cm³/mol. The number of carbonyl (C=O) groups is 1. The fourth-order valence-electron chi connectivity index (χ4n) is 2.37. The first-order valence-electron chi connectivity index (χ1n) is 6.26. The molecule has 1 fully saturated rings. The Bertz CT molecular complexity index is 402. The summed E-state index contributed by atoms with van der Waals surface area (Å²) in [5.41, 5.74) is 1.73. The molecule has 1 aromatic carbocycles. The van der Waals surface area contributed by atoms with E-state index in [0.717, 1.165) is 24.9 Å². The average Bonchev–Trinajstić information content (AvgIpc) is 2.87. The van der Waals surface area contributed by atoms with Crippen LogP contribution < -0.4 is 0 Å². The molecule has 1 aliphatic rings. The van der Waals surface area contributed by atoms with Crippen LogP contribution in [0.15, 0.2) is 24.3 Å². The molecule has 4 nitrogen and oxygen atoms in total. The summed E-state index contributed by atoms with van der Waals surface area (Å²) in [5.74, 6) is 0.00974. The van der Waals surface area contributed by atoms with Crippen molar-refractivity contribution in [2.24, 2.45) is 0 Å². The lowest BCUT2D eigenvalue weighted by molar-refractivity contribution is 0.0677. The van der Waals surface area contributed by atoms with Gasteiger partial charge in [0.25, 0.3) is 5.91 Å². The maximum atomic E-state index is 12.3. The highest BCUT2D eigenvalue weighted by Gasteiger charge is 2.28. The van der Waals surface area contributed by atoms with Crippen LogP contribution in [0, 0.1) is 0 Å². The number of likely N-dealkylation sites (tertiary alicyclic amines) is 1. The third-order valence-electron chi connectivity index (χ3n) is 3.36. The molecule has 1 saturated heterocycles. The molecule has 0 saturated carbocycles. The van der Waals surface area contributed by atoms with Gasteiger partial charge in [0, 0.05) is 19.2 Å². The average molecular weight is 249 g/mol. The van der Waals surface area contributed by atoms with Gasteiger partial charge in [-0.3, -0.25) is 4.79 Å². The van der Waals surface area contributed by atoms with Gasteiger partial charge in [-0.15, -0.1) is 0 Å². The third-order valence-corrected chi connectivity index (χ3v) is 3.36. The van der Waals surface area contributed by atoms with E-state index in [1.807, 2.05) is 24.3 Å². The molecule has 18 heavy (non-hydrogen) atoms. The fraction of sp³-hybridized carbons (Fsp3) is 0.500. The van der Waals surface area contributed by atoms with Gasteiger partial charge in [0.1, 0.15) is 0 Å². The topological polar surface area (TPSA) is 49.8 Å². The quantitative estimate of drug-likeness (QED) is 0.878. The molecule has 0 bridgehead atoms. The summed E-state index contributed by atoms with van der Waals surface area (Å²) in [6, 6.07) is 7.44. The van der Waals surface area contributed by atoms with E-state index >= 15 is 0 Å². The summed E-state index contributed by atoms with van der Waals surface area (Å²) in [5, 5.41) is 9.24. The molecular formula is C14H19NO3. The molecule has 2 rings (SSSR count). The van der Waals surface area contributed by atoms with E-state index in [1.54, 1.807) is 12.0 Å². The van der Waals surface area contributed by atoms with Crippen LogP contribution in [0.2, 0.25) is 0 Å². The minimum absolute atomic E-state index is 0.00974. The van der Waals surface area contributed by atoms with Crippen LogP contribution in [0.3, 0.4) is 0 Å². The van der Waals surface area contributed by atoms with E-state index < -0.39 is 0 Å². The smallest absolute Gasteiger partial charge is 0.254 e. The summed E-state index contributed by atoms with van der Waals surface area (Å²) in [6.45, 7) is 1.34. The minimum Gasteiger partial charge on any atom is -0.394 e. The van der Waals surface area contributed by atoms with Crippen LogP contribution >= 0.6 is 0 Å². The van der Waals surface area contributed by atoms with Crippen molar-refractivity contribution < 1.29 is 14.6 Å². The van der Waals surface area contributed by atoms with E-state index in [0.29, 0.717) is 12.2 Å². The van der Waals surface area contributed by atoms with E-state index in [1.165, 1.54) is 0 Å². The molecule has 1 atom stereocenters. The van der Waals surface area contributed by atoms with E-state index in [-0.39, 0.29) is 18.6 Å². The van der Waals surface area contributed by atoms with Crippen molar-refractivity contribution in [1.82, 2.24) is 4.90 Å². The van der Waals surface area contributed by atoms with E-state index in [2.05, 4.69) is 0 Å². The predicted octanol–water partition coefficient (Wildman–Crippen LogP) is 1.43. The van der Waals surface area contributed by atoms with Gasteiger partial charge in [-0.25, -0.2) is 0 Å². The van der Waals surface area contributed by atoms with Gasteiger partial charge in [-0.1, -0.05) is 12.1 Å². The van der Waals surface area contributed by atoms with Crippen LogP contribution in [0.4, 0.5) is 0 Å². The number of benzene rings is 1. The molecule has 1 N–H and O–H groups in total. The number of hydrogen-bond donors (Lipinski definition) is 1. The first-order chi connectivity index (χ1) is 8.76. The number of rotatable bonds is 4. The number of aliphatic hydroxyl groups is 1. The van der Waals surface area contributed by atoms with E-state index in [4.69, 9.17) is 4.74 Å². The highest BCUT2D eigenvalue weighted by Crippen LogP contribution is 2.20. The zero-order valence-electron chi connectivity index (χ0n) is 10.6. The first-order valence-corrected chi connectivity index (χ1v) is 6.26. The van der Waals surface area contributed by atoms with Gasteiger partial charge < -0.3 is 14.7 Å². The van der Waals surface area contributed by atoms with E-state index in [9.17, 15) is 9.90 Å². The number of nitrogens with zero attached hydrogens (tertiary/aromatic N) is 1. The zero-order chi connectivity index (χ0) is 13.0. The lowest BCUT2D eigenvalue weighted by atomic mass is 10.1. The Morgan fingerprint density at radius 2 is 2.17 bits per heavy atom. The highest BCUT2D eigenvalue weighted by atomic mass is 16.5. The second kappa shape index (κ2) is 5.98. The van der Waals surface area contributed by atoms with Crippen molar-refractivity contribution in [3.63, 3.8) is 0 Å². The molecule has 0 unspecified atom stereocenters. The molecule has 1 heterocycles. The van der Waals surface area contributed by atoms with Crippen molar-refractivity contribution in [2.45, 2.75) is 25.5 Å². The molecule has 0 aromatic heterocycles. The molecule has 1 amide bonds. The molecular weight excluding hydrogens is 230 g/mol. The summed E-state index contributed by atoms with van der Waals surface area (Å²) < 4.78 is 5.03. The SMILES string of the molecule is COCc1ccc(C(=O)N2CCC[C@@H]2CO)cc1. The van der Waals surface area contributed by atoms with Crippen LogP contribution in [0.25, 0.3) is 0 Å². The van der Waals surface area contributed by atoms with Gasteiger partial charge in [0.15, 0.2) is 0 Å². The van der Waals surface area contributed by atoms with Crippen LogP contribution in [-0.4, -0.2) is 42.2 Å². The zero-order valence-corrected chi connectivity index (χ0v) is 10.6. The maximum Gasteiger partial charge on any atom is 0.254 e. The number of aliphatic hydroxyl groups excluding tert-OH is 1. The lowest BCUT2D eigenvalue weighted by Gasteiger charge is -2.23. The Hall–Kier alpha value is -1.39. The van der Waals surface area contributed by atoms with Crippen molar-refractivity contribution >= 4 is 5.91 Å². The largest absolute Gasteiger partial charge is 0.394 e. The summed E-state index contributed by atoms with van der Waals surface area (Å²) in [7, 11) is 1.65. The Balaban J connectivity index is 2.08. The molecule has 98 valence electrons. The summed E-state index contributed by atoms with van der Waals surface area (Å²) in [6.07, 6.45) is 1.86. The molecule has 1 aromatic rings. The number of amides is 1. The standard InChI is InChI=1S/C14H19NO3/c1-18-10-11-4-6-12(7-5-11)14(17)15-8-2-3-13(15)9-16/h4-7,13,16H,2-3,8-10H2,1H3/t13-/m1/s1. The van der Waals surface area contributed by atoms with Gasteiger partial charge in [0.2, 0.25) is 0 Å². The van der Waals surface area contributed by atoms with Crippen LogP contribution in [0.1, 0.15) is 28.8 Å². The van der Waals surface area contributed by atoms with Crippen LogP contribution in [-0.2, 0) is 11.3 Å².